The van der Waals surface area contributed by atoms with Crippen LogP contribution in [0.4, 0.5) is 29.1 Å². The lowest BCUT2D eigenvalue weighted by atomic mass is 10.1. The Labute approximate surface area is 775 Å². The maximum Gasteiger partial charge on any atom is 0.191 e. The average molecular weight is 1950 g/mol. The van der Waals surface area contributed by atoms with E-state index >= 15 is 0 Å². The van der Waals surface area contributed by atoms with Gasteiger partial charge in [0.15, 0.2) is 99.1 Å². The number of fused-ring (bicyclic) bond motifs is 5. The van der Waals surface area contributed by atoms with E-state index in [1.165, 1.54) is 36.3 Å². The predicted molar refractivity (Wildman–Crippen MR) is 537 cm³/mol. The Balaban J connectivity index is 0.000000160. The first kappa shape index (κ1) is 105. The summed E-state index contributed by atoms with van der Waals surface area (Å²) in [7, 11) is 0. The number of hydrogen-bond acceptors (Lipinski definition) is 36. The fraction of sp³-hybridized carbons (Fsp3) is 0.628. The number of hydrogen-bond donors (Lipinski definition) is 15. The molecule has 10 aromatic rings. The van der Waals surface area contributed by atoms with Gasteiger partial charge >= 0.3 is 0 Å². The number of anilines is 5. The minimum absolute atomic E-state index is 0.282. The number of nitrogen functional groups attached to an aromatic ring is 4. The second-order valence-corrected chi connectivity index (χ2v) is 60.5. The van der Waals surface area contributed by atoms with Crippen molar-refractivity contribution in [3.63, 3.8) is 0 Å². The van der Waals surface area contributed by atoms with Gasteiger partial charge in [-0.2, -0.15) is 0 Å². The van der Waals surface area contributed by atoms with E-state index in [2.05, 4.69) is 205 Å². The van der Waals surface area contributed by atoms with E-state index in [1.807, 2.05) is 13.2 Å². The predicted octanol–water partition coefficient (Wildman–Crippen LogP) is 6.45. The molecule has 20 atom stereocenters. The second-order valence-electron chi connectivity index (χ2n) is 38.2. The Bertz CT molecular complexity index is 5780. The van der Waals surface area contributed by atoms with Crippen molar-refractivity contribution >= 4 is 163 Å². The fourth-order valence-corrected chi connectivity index (χ4v) is 20.9. The quantitative estimate of drug-likeness (QED) is 0.00994. The molecule has 0 spiro atoms. The zero-order valence-corrected chi connectivity index (χ0v) is 84.3. The molecule has 5 saturated heterocycles. The first-order valence-corrected chi connectivity index (χ1v) is 60.9. The summed E-state index contributed by atoms with van der Waals surface area (Å²) in [6, 6.07) is 0. The molecule has 10 aromatic heterocycles. The summed E-state index contributed by atoms with van der Waals surface area (Å²) < 4.78 is 38.2. The molecular weight excluding hydrogens is 1810 g/mol. The number of aromatic nitrogens is 20. The zero-order chi connectivity index (χ0) is 96.9. The smallest absolute Gasteiger partial charge is 0.191 e. The molecule has 0 amide bonds. The highest BCUT2D eigenvalue weighted by atomic mass is 32.2. The van der Waals surface area contributed by atoms with Gasteiger partial charge < -0.3 is 103 Å². The van der Waals surface area contributed by atoms with Gasteiger partial charge in [-0.25, -0.2) is 74.8 Å². The summed E-state index contributed by atoms with van der Waals surface area (Å²) in [6.45, 7) is 27.7. The first-order valence-electron chi connectivity index (χ1n) is 44.4. The number of aliphatic hydroxyl groups excluding tert-OH is 10. The van der Waals surface area contributed by atoms with Gasteiger partial charge in [0.2, 0.25) is 0 Å². The van der Waals surface area contributed by atoms with Crippen LogP contribution in [0.2, 0.25) is 0 Å². The van der Waals surface area contributed by atoms with Gasteiger partial charge in [0.1, 0.15) is 106 Å². The SMILES string of the molecule is C=P(C)(C)CC[C@H]1OC(n2cnc3c(N)nc(C)nc32)[C@H](O)[C@@H]1O.C=P(C)(C)CC[C@H]1OC(n2cnc3c(N)nc(C)nc32)[C@H](O)[C@@H]1O.C=P(C)(C)CC[C@H]1OC(n2cnc3c(N)nc(CCC)nc32)[C@H](O)[C@@H]1O.C=P(C)(C)CC[C@H]1OC(n2cnc3c(N)nc(CCCC)nc32)[C@H](O)[C@@H]1O.C=P(C)(C)CC[C@H]1OC(n2cnc3c(NC/C=C(/C)CC)nc(SC)nc32)[C@H](O)[C@@H]1O. The number of aliphatic hydroxyl groups is 10. The van der Waals surface area contributed by atoms with E-state index < -0.39 is 157 Å². The number of rotatable bonds is 30. The normalized spacial score (nSPS) is 26.6. The van der Waals surface area contributed by atoms with Crippen molar-refractivity contribution in [1.82, 2.24) is 97.6 Å². The summed E-state index contributed by atoms with van der Waals surface area (Å²) in [5, 5.41) is 109. The largest absolute Gasteiger partial charge is 0.388 e. The van der Waals surface area contributed by atoms with Gasteiger partial charge in [0, 0.05) is 19.4 Å². The third-order valence-corrected chi connectivity index (χ3v) is 31.2. The third kappa shape index (κ3) is 26.0. The van der Waals surface area contributed by atoms with Crippen molar-refractivity contribution in [1.29, 1.82) is 0 Å². The van der Waals surface area contributed by atoms with Crippen molar-refractivity contribution in [3.05, 3.63) is 66.6 Å². The standard InChI is InChI=1S/C21H34N5O3PS.C18H30N5O3P.C17H28N5O3P.2C15H24N5O3P/c1-7-13(2)8-10-22-18-15-19(25-21(24-18)31-6)26(12-23-15)20-17(28)16(27)14(29-20)9-11-30(3,4)5;1-5-6-7-12-21-16(19)13-17(22-12)23(10-20-13)18-15(25)14(24)11(26-18)8-9-27(2,3)4;1-5-6-11-20-15(18)12-16(21-11)22(9-19-12)17-14(24)13(23)10(25-17)7-8-26(2,3)4;2*1-8-18-13(16)10-14(19-8)20(7-17-10)15-12(22)11(21)9(23-15)5-6-24(2,3)4/h8,12,14,16-17,20,27-28H,3,7,9-11H2,1-2,4-6H3,(H,22,24,25);10-11,14-15,18,24-25H,2,5-9H2,1,3-4H3,(H2,19,21,22);9-10,13-14,17,23-24H,2,5-8H2,1,3-4H3,(H2,18,20,21);2*7,9,11-12,15,21-22H,2,5-6H2,1,3-4H3,(H2,16,18,19)/b13-8-;;;;/t14-,16-,17-,20?;11-,14-,15-,18?;10-,13-,14-,17?;2*9-,11-,12-,15?/m11111/s1. The lowest BCUT2D eigenvalue weighted by Crippen LogP contribution is -2.31. The van der Waals surface area contributed by atoms with Crippen molar-refractivity contribution in [3.8, 4) is 0 Å². The van der Waals surface area contributed by atoms with Gasteiger partial charge in [-0.3, -0.25) is 22.8 Å². The Hall–Kier alpha value is -7.26. The minimum Gasteiger partial charge on any atom is -0.388 e. The molecule has 40 nitrogen and oxygen atoms in total. The molecule has 5 aliphatic heterocycles. The van der Waals surface area contributed by atoms with Crippen molar-refractivity contribution in [2.24, 2.45) is 0 Å². The molecule has 15 heterocycles. The Morgan fingerprint density at radius 3 is 0.932 bits per heavy atom. The number of aryl methyl sites for hydroxylation is 4. The summed E-state index contributed by atoms with van der Waals surface area (Å²) in [5.41, 5.74) is 30.1. The minimum atomic E-state index is -1.25. The molecule has 19 N–H and O–H groups in total. The third-order valence-electron chi connectivity index (χ3n) is 23.4. The summed E-state index contributed by atoms with van der Waals surface area (Å²) in [4.78, 5) is 65.2. The molecule has 5 fully saturated rings. The van der Waals surface area contributed by atoms with Gasteiger partial charge in [-0.05, 0) is 176 Å². The molecule has 0 aliphatic carbocycles. The van der Waals surface area contributed by atoms with Gasteiger partial charge in [-0.15, -0.1) is 65.9 Å². The molecule has 730 valence electrons. The number of nitrogens with zero attached hydrogens (tertiary/aromatic N) is 20. The van der Waals surface area contributed by atoms with E-state index in [4.69, 9.17) is 46.6 Å². The van der Waals surface area contributed by atoms with Crippen molar-refractivity contribution in [2.75, 3.05) is 139 Å². The maximum absolute atomic E-state index is 10.7. The van der Waals surface area contributed by atoms with E-state index in [0.29, 0.717) is 147 Å². The van der Waals surface area contributed by atoms with E-state index in [0.717, 1.165) is 62.9 Å². The summed E-state index contributed by atoms with van der Waals surface area (Å²) in [5.74, 6) is 4.13. The fourth-order valence-electron chi connectivity index (χ4n) is 15.7. The number of nitrogens with one attached hydrogen (secondary N) is 1. The zero-order valence-electron chi connectivity index (χ0n) is 79.0. The maximum atomic E-state index is 10.7. The highest BCUT2D eigenvalue weighted by molar-refractivity contribution is 7.98. The van der Waals surface area contributed by atoms with Gasteiger partial charge in [-0.1, -0.05) is 50.6 Å². The van der Waals surface area contributed by atoms with Gasteiger partial charge in [0.05, 0.1) is 62.2 Å². The van der Waals surface area contributed by atoms with Crippen LogP contribution in [-0.2, 0) is 36.5 Å². The monoisotopic (exact) mass is 1950 g/mol. The highest BCUT2D eigenvalue weighted by Crippen LogP contribution is 2.47. The molecule has 0 aromatic carbocycles. The molecular formula is C86H140N25O15P5S. The lowest BCUT2D eigenvalue weighted by Gasteiger charge is -2.18. The van der Waals surface area contributed by atoms with E-state index in [-0.39, 0.29) is 11.6 Å². The number of imidazole rings is 5. The van der Waals surface area contributed by atoms with Crippen LogP contribution in [0.5, 0.6) is 0 Å². The summed E-state index contributed by atoms with van der Waals surface area (Å²) >= 11 is 1.43. The van der Waals surface area contributed by atoms with Crippen LogP contribution >= 0.6 is 46.2 Å². The van der Waals surface area contributed by atoms with Crippen LogP contribution in [0.25, 0.3) is 55.8 Å². The van der Waals surface area contributed by atoms with Crippen molar-refractivity contribution in [2.45, 2.75) is 240 Å². The van der Waals surface area contributed by atoms with E-state index in [1.54, 1.807) is 49.3 Å². The highest BCUT2D eigenvalue weighted by Gasteiger charge is 2.49. The molecule has 0 saturated carbocycles. The molecule has 15 rings (SSSR count). The lowest BCUT2D eigenvalue weighted by molar-refractivity contribution is -0.0353. The number of thioether (sulfide) groups is 1. The van der Waals surface area contributed by atoms with Crippen LogP contribution in [0.3, 0.4) is 0 Å². The Morgan fingerprint density at radius 1 is 0.386 bits per heavy atom. The Morgan fingerprint density at radius 2 is 0.659 bits per heavy atom. The molecule has 0 radical (unpaired) electrons. The average Bonchev–Trinajstić information content (AvgIpc) is 1.64. The van der Waals surface area contributed by atoms with Crippen LogP contribution in [0, 0.1) is 13.8 Å². The molecule has 5 aliphatic rings. The van der Waals surface area contributed by atoms with Gasteiger partial charge in [0.25, 0.3) is 0 Å². The van der Waals surface area contributed by atoms with Crippen LogP contribution in [0.15, 0.2) is 48.4 Å². The molecule has 0 bridgehead atoms. The van der Waals surface area contributed by atoms with Crippen LogP contribution < -0.4 is 28.3 Å². The number of nitrogens with two attached hydrogens (primary N) is 4. The van der Waals surface area contributed by atoms with Crippen LogP contribution in [-0.4, -0.2) is 382 Å². The van der Waals surface area contributed by atoms with Crippen molar-refractivity contribution < 1.29 is 74.7 Å². The van der Waals surface area contributed by atoms with Crippen LogP contribution in [0.1, 0.15) is 140 Å². The summed E-state index contributed by atoms with van der Waals surface area (Å²) in [6.07, 6.45) is 29.6. The number of allylic oxidation sites excluding steroid dienone is 1. The number of ether oxygens (including phenoxy) is 5. The second kappa shape index (κ2) is 44.0. The Kier molecular flexibility index (Phi) is 35.1. The first-order chi connectivity index (χ1) is 61.9. The molecule has 132 heavy (non-hydrogen) atoms. The number of unbranched alkanes of at least 4 members (excludes halogenated alkanes) is 1. The molecule has 46 heteroatoms. The molecule has 5 unspecified atom stereocenters. The van der Waals surface area contributed by atoms with E-state index in [9.17, 15) is 51.1 Å². The topological polar surface area (TPSA) is 583 Å².